The molecule has 0 atom stereocenters. The fourth-order valence-corrected chi connectivity index (χ4v) is 5.82. The quantitative estimate of drug-likeness (QED) is 0.203. The summed E-state index contributed by atoms with van der Waals surface area (Å²) < 4.78 is 0. The van der Waals surface area contributed by atoms with Crippen LogP contribution in [0.4, 0.5) is 0 Å². The number of unbranched alkanes of at least 4 members (excludes halogenated alkanes) is 7. The molecule has 2 saturated carbocycles. The van der Waals surface area contributed by atoms with Gasteiger partial charge < -0.3 is 10.2 Å². The summed E-state index contributed by atoms with van der Waals surface area (Å²) in [7, 11) is 0. The van der Waals surface area contributed by atoms with Crippen molar-refractivity contribution in [2.45, 2.75) is 135 Å². The lowest BCUT2D eigenvalue weighted by Gasteiger charge is -2.33. The molecule has 0 saturated heterocycles. The summed E-state index contributed by atoms with van der Waals surface area (Å²) >= 11 is 0. The molecule has 2 rings (SSSR count). The zero-order chi connectivity index (χ0) is 22.4. The molecule has 178 valence electrons. The molecule has 0 aliphatic heterocycles. The van der Waals surface area contributed by atoms with E-state index in [0.29, 0.717) is 0 Å². The number of hydrogen-bond donors (Lipinski definition) is 2. The third kappa shape index (κ3) is 8.61. The molecule has 2 fully saturated rings. The van der Waals surface area contributed by atoms with Gasteiger partial charge >= 0.3 is 11.9 Å². The molecule has 0 heterocycles. The van der Waals surface area contributed by atoms with Gasteiger partial charge in [0, 0.05) is 0 Å². The number of hydrogen-bond acceptors (Lipinski definition) is 2. The van der Waals surface area contributed by atoms with E-state index in [4.69, 9.17) is 0 Å². The lowest BCUT2D eigenvalue weighted by atomic mass is 9.71. The van der Waals surface area contributed by atoms with Crippen LogP contribution >= 0.6 is 0 Å². The Balaban J connectivity index is 1.45. The highest BCUT2D eigenvalue weighted by molar-refractivity contribution is 5.75. The largest absolute Gasteiger partial charge is 0.481 e. The highest BCUT2D eigenvalue weighted by Gasteiger charge is 2.39. The Kier molecular flexibility index (Phi) is 11.7. The van der Waals surface area contributed by atoms with Gasteiger partial charge in [-0.2, -0.15) is 0 Å². The number of rotatable bonds is 15. The molecule has 31 heavy (non-hydrogen) atoms. The fraction of sp³-hybridized carbons (Fsp3) is 0.852. The molecule has 0 aromatic carbocycles. The van der Waals surface area contributed by atoms with Crippen molar-refractivity contribution in [3.8, 4) is 0 Å². The minimum atomic E-state index is -0.566. The molecule has 0 aromatic heterocycles. The summed E-state index contributed by atoms with van der Waals surface area (Å²) in [5.41, 5.74) is -0.839. The van der Waals surface area contributed by atoms with Crippen molar-refractivity contribution in [3.05, 3.63) is 12.2 Å². The first-order valence-electron chi connectivity index (χ1n) is 13.1. The second-order valence-corrected chi connectivity index (χ2v) is 10.3. The Hall–Kier alpha value is -1.32. The molecular formula is C27H46O4. The van der Waals surface area contributed by atoms with Gasteiger partial charge in [-0.3, -0.25) is 9.59 Å². The van der Waals surface area contributed by atoms with Crippen LogP contribution in [-0.4, -0.2) is 22.2 Å². The topological polar surface area (TPSA) is 74.6 Å². The highest BCUT2D eigenvalue weighted by atomic mass is 16.4. The average molecular weight is 435 g/mol. The molecule has 4 heteroatoms. The first-order valence-corrected chi connectivity index (χ1v) is 13.1. The molecule has 0 unspecified atom stereocenters. The number of carboxylic acids is 2. The molecule has 0 amide bonds. The molecule has 0 aromatic rings. The summed E-state index contributed by atoms with van der Waals surface area (Å²) in [4.78, 5) is 23.4. The van der Waals surface area contributed by atoms with Crippen molar-refractivity contribution >= 4 is 11.9 Å². The van der Waals surface area contributed by atoms with Crippen LogP contribution in [0.1, 0.15) is 135 Å². The van der Waals surface area contributed by atoms with Crippen LogP contribution < -0.4 is 0 Å². The standard InChI is InChI=1S/C27H46O4/c28-24(29)26(20-14-10-15-21-26)18-12-8-6-4-2-1-3-5-7-9-13-19-27(25(30)31)22-16-11-17-23-27/h1-2H,3-23H2,(H,28,29)(H,30,31)/b2-1-. The maximum atomic E-state index is 11.7. The second kappa shape index (κ2) is 14.0. The lowest BCUT2D eigenvalue weighted by molar-refractivity contribution is -0.152. The minimum absolute atomic E-state index is 0.417. The third-order valence-electron chi connectivity index (χ3n) is 8.00. The second-order valence-electron chi connectivity index (χ2n) is 10.3. The summed E-state index contributed by atoms with van der Waals surface area (Å²) in [5, 5.41) is 19.3. The number of allylic oxidation sites excluding steroid dienone is 2. The van der Waals surface area contributed by atoms with E-state index in [1.807, 2.05) is 0 Å². The van der Waals surface area contributed by atoms with Gasteiger partial charge in [-0.15, -0.1) is 0 Å². The van der Waals surface area contributed by atoms with E-state index in [2.05, 4.69) is 12.2 Å². The molecule has 0 bridgehead atoms. The van der Waals surface area contributed by atoms with Crippen LogP contribution in [0.3, 0.4) is 0 Å². The smallest absolute Gasteiger partial charge is 0.309 e. The van der Waals surface area contributed by atoms with Crippen LogP contribution in [0.2, 0.25) is 0 Å². The van der Waals surface area contributed by atoms with Gasteiger partial charge in [0.05, 0.1) is 10.8 Å². The van der Waals surface area contributed by atoms with E-state index >= 15 is 0 Å². The van der Waals surface area contributed by atoms with Gasteiger partial charge in [0.2, 0.25) is 0 Å². The van der Waals surface area contributed by atoms with Crippen molar-refractivity contribution in [1.29, 1.82) is 0 Å². The maximum absolute atomic E-state index is 11.7. The van der Waals surface area contributed by atoms with E-state index in [1.165, 1.54) is 25.7 Å². The van der Waals surface area contributed by atoms with Crippen molar-refractivity contribution in [1.82, 2.24) is 0 Å². The van der Waals surface area contributed by atoms with Crippen molar-refractivity contribution in [3.63, 3.8) is 0 Å². The van der Waals surface area contributed by atoms with Gasteiger partial charge in [-0.25, -0.2) is 0 Å². The molecule has 4 nitrogen and oxygen atoms in total. The first kappa shape index (κ1) is 25.9. The van der Waals surface area contributed by atoms with E-state index in [0.717, 1.165) is 109 Å². The van der Waals surface area contributed by atoms with Crippen LogP contribution in [0.25, 0.3) is 0 Å². The predicted octanol–water partition coefficient (Wildman–Crippen LogP) is 7.90. The molecule has 2 aliphatic carbocycles. The number of carboxylic acid groups (broad SMARTS) is 2. The molecule has 2 aliphatic rings. The fourth-order valence-electron chi connectivity index (χ4n) is 5.82. The van der Waals surface area contributed by atoms with Crippen molar-refractivity contribution in [2.24, 2.45) is 10.8 Å². The average Bonchev–Trinajstić information content (AvgIpc) is 2.78. The van der Waals surface area contributed by atoms with Crippen LogP contribution in [-0.2, 0) is 9.59 Å². The predicted molar refractivity (Wildman–Crippen MR) is 126 cm³/mol. The highest BCUT2D eigenvalue weighted by Crippen LogP contribution is 2.42. The van der Waals surface area contributed by atoms with Gasteiger partial charge in [0.1, 0.15) is 0 Å². The van der Waals surface area contributed by atoms with Crippen molar-refractivity contribution < 1.29 is 19.8 Å². The van der Waals surface area contributed by atoms with Crippen LogP contribution in [0.15, 0.2) is 12.2 Å². The normalized spacial score (nSPS) is 20.6. The Labute approximate surface area is 189 Å². The molecular weight excluding hydrogens is 388 g/mol. The maximum Gasteiger partial charge on any atom is 0.309 e. The third-order valence-corrected chi connectivity index (χ3v) is 8.00. The summed E-state index contributed by atoms with van der Waals surface area (Å²) in [6.45, 7) is 0. The Bertz CT molecular complexity index is 554. The lowest BCUT2D eigenvalue weighted by Crippen LogP contribution is -2.33. The Morgan fingerprint density at radius 1 is 0.548 bits per heavy atom. The zero-order valence-corrected chi connectivity index (χ0v) is 19.7. The summed E-state index contributed by atoms with van der Waals surface area (Å²) in [6, 6.07) is 0. The first-order chi connectivity index (χ1) is 15.0. The summed E-state index contributed by atoms with van der Waals surface area (Å²) in [5.74, 6) is -1.13. The van der Waals surface area contributed by atoms with E-state index in [-0.39, 0.29) is 0 Å². The minimum Gasteiger partial charge on any atom is -0.481 e. The van der Waals surface area contributed by atoms with Gasteiger partial charge in [-0.1, -0.05) is 82.8 Å². The van der Waals surface area contributed by atoms with E-state index < -0.39 is 22.8 Å². The Morgan fingerprint density at radius 3 is 1.29 bits per heavy atom. The van der Waals surface area contributed by atoms with E-state index in [9.17, 15) is 19.8 Å². The summed E-state index contributed by atoms with van der Waals surface area (Å²) in [6.07, 6.45) is 26.6. The van der Waals surface area contributed by atoms with Crippen molar-refractivity contribution in [2.75, 3.05) is 0 Å². The number of aliphatic carboxylic acids is 2. The molecule has 0 radical (unpaired) electrons. The monoisotopic (exact) mass is 434 g/mol. The Morgan fingerprint density at radius 2 is 0.903 bits per heavy atom. The SMILES string of the molecule is O=C(O)C1(CCCCC/C=C\CCCCCCC2(C(=O)O)CCCCC2)CCCCC1. The molecule has 2 N–H and O–H groups in total. The van der Waals surface area contributed by atoms with Gasteiger partial charge in [-0.05, 0) is 64.2 Å². The van der Waals surface area contributed by atoms with Crippen LogP contribution in [0, 0.1) is 10.8 Å². The molecule has 0 spiro atoms. The number of carbonyl (C=O) groups is 2. The van der Waals surface area contributed by atoms with E-state index in [1.54, 1.807) is 0 Å². The van der Waals surface area contributed by atoms with Crippen LogP contribution in [0.5, 0.6) is 0 Å². The van der Waals surface area contributed by atoms with Gasteiger partial charge in [0.25, 0.3) is 0 Å². The van der Waals surface area contributed by atoms with Gasteiger partial charge in [0.15, 0.2) is 0 Å². The zero-order valence-electron chi connectivity index (χ0n) is 19.7.